The Morgan fingerprint density at radius 2 is 2.20 bits per heavy atom. The first kappa shape index (κ1) is 9.73. The lowest BCUT2D eigenvalue weighted by Crippen LogP contribution is -1.96. The maximum Gasteiger partial charge on any atom is 0.0923 e. The Labute approximate surface area is 88.2 Å². The molecule has 0 atom stereocenters. The minimum absolute atomic E-state index is 0.939. The molecule has 0 bridgehead atoms. The van der Waals surface area contributed by atoms with Crippen molar-refractivity contribution < 1.29 is 4.84 Å². The Bertz CT molecular complexity index is 437. The summed E-state index contributed by atoms with van der Waals surface area (Å²) in [4.78, 5) is 4.84. The summed E-state index contributed by atoms with van der Waals surface area (Å²) in [6, 6.07) is 7.95. The van der Waals surface area contributed by atoms with Crippen LogP contribution in [-0.2, 0) is 4.84 Å². The lowest BCUT2D eigenvalue weighted by molar-refractivity contribution is 0.271. The number of nitrogens with zero attached hydrogens (tertiary/aromatic N) is 1. The third kappa shape index (κ3) is 1.99. The summed E-state index contributed by atoms with van der Waals surface area (Å²) in [6.07, 6.45) is 1.82. The molecule has 78 valence electrons. The summed E-state index contributed by atoms with van der Waals surface area (Å²) < 4.78 is 0. The van der Waals surface area contributed by atoms with Gasteiger partial charge >= 0.3 is 0 Å². The molecular weight excluding hydrogens is 190 g/mol. The minimum atomic E-state index is 0.939. The van der Waals surface area contributed by atoms with E-state index >= 15 is 0 Å². The van der Waals surface area contributed by atoms with E-state index in [2.05, 4.69) is 15.7 Å². The number of anilines is 1. The predicted octanol–water partition coefficient (Wildman–Crippen LogP) is 2.36. The van der Waals surface area contributed by atoms with E-state index in [9.17, 15) is 0 Å². The van der Waals surface area contributed by atoms with Crippen LogP contribution in [0.1, 0.15) is 5.56 Å². The number of benzene rings is 1. The standard InChI is InChI=1S/C11H13N3O/c1-8-7-9(14-15-2)3-4-10(8)11-5-6-12-13-11/h3-7,14H,1-2H3,(H,12,13). The van der Waals surface area contributed by atoms with E-state index in [4.69, 9.17) is 4.84 Å². The molecule has 1 aromatic carbocycles. The van der Waals surface area contributed by atoms with Crippen LogP contribution in [0.15, 0.2) is 30.5 Å². The molecule has 0 aliphatic rings. The summed E-state index contributed by atoms with van der Waals surface area (Å²) in [6.45, 7) is 2.05. The summed E-state index contributed by atoms with van der Waals surface area (Å²) in [5.41, 5.74) is 6.97. The first-order chi connectivity index (χ1) is 7.31. The Morgan fingerprint density at radius 3 is 2.80 bits per heavy atom. The van der Waals surface area contributed by atoms with Crippen molar-refractivity contribution in [3.63, 3.8) is 0 Å². The van der Waals surface area contributed by atoms with E-state index in [1.54, 1.807) is 7.11 Å². The van der Waals surface area contributed by atoms with Crippen LogP contribution in [0.4, 0.5) is 5.69 Å². The molecular formula is C11H13N3O. The number of aromatic nitrogens is 2. The second-order valence-electron chi connectivity index (χ2n) is 3.30. The van der Waals surface area contributed by atoms with Gasteiger partial charge in [-0.05, 0) is 30.7 Å². The predicted molar refractivity (Wildman–Crippen MR) is 59.4 cm³/mol. The monoisotopic (exact) mass is 203 g/mol. The van der Waals surface area contributed by atoms with E-state index < -0.39 is 0 Å². The zero-order valence-corrected chi connectivity index (χ0v) is 8.74. The molecule has 15 heavy (non-hydrogen) atoms. The van der Waals surface area contributed by atoms with Crippen LogP contribution >= 0.6 is 0 Å². The lowest BCUT2D eigenvalue weighted by Gasteiger charge is -2.07. The minimum Gasteiger partial charge on any atom is -0.285 e. The van der Waals surface area contributed by atoms with E-state index in [0.29, 0.717) is 0 Å². The topological polar surface area (TPSA) is 49.9 Å². The van der Waals surface area contributed by atoms with Gasteiger partial charge in [-0.3, -0.25) is 15.4 Å². The largest absolute Gasteiger partial charge is 0.285 e. The zero-order chi connectivity index (χ0) is 10.7. The SMILES string of the molecule is CONc1ccc(-c2cc[nH]n2)c(C)c1. The number of nitrogens with one attached hydrogen (secondary N) is 2. The molecule has 1 heterocycles. The normalized spacial score (nSPS) is 10.3. The molecule has 2 rings (SSSR count). The van der Waals surface area contributed by atoms with Crippen molar-refractivity contribution in [1.29, 1.82) is 0 Å². The smallest absolute Gasteiger partial charge is 0.0923 e. The van der Waals surface area contributed by atoms with Gasteiger partial charge in [0, 0.05) is 11.8 Å². The second kappa shape index (κ2) is 4.14. The number of hydrogen-bond donors (Lipinski definition) is 2. The van der Waals surface area contributed by atoms with Crippen LogP contribution in [-0.4, -0.2) is 17.3 Å². The Balaban J connectivity index is 2.35. The zero-order valence-electron chi connectivity index (χ0n) is 8.74. The molecule has 4 nitrogen and oxygen atoms in total. The molecule has 0 spiro atoms. The van der Waals surface area contributed by atoms with Crippen molar-refractivity contribution in [3.8, 4) is 11.3 Å². The molecule has 0 saturated heterocycles. The van der Waals surface area contributed by atoms with Gasteiger partial charge in [-0.2, -0.15) is 5.10 Å². The average Bonchev–Trinajstić information content (AvgIpc) is 2.71. The lowest BCUT2D eigenvalue weighted by atomic mass is 10.1. The van der Waals surface area contributed by atoms with Gasteiger partial charge in [-0.25, -0.2) is 0 Å². The van der Waals surface area contributed by atoms with Gasteiger partial charge in [0.05, 0.1) is 18.5 Å². The first-order valence-corrected chi connectivity index (χ1v) is 4.71. The highest BCUT2D eigenvalue weighted by Gasteiger charge is 2.04. The van der Waals surface area contributed by atoms with Crippen molar-refractivity contribution in [2.75, 3.05) is 12.6 Å². The molecule has 0 fully saturated rings. The van der Waals surface area contributed by atoms with Gasteiger partial charge in [0.25, 0.3) is 0 Å². The Kier molecular flexibility index (Phi) is 2.69. The third-order valence-electron chi connectivity index (χ3n) is 2.22. The number of H-pyrrole nitrogens is 1. The van der Waals surface area contributed by atoms with Gasteiger partial charge in [0.15, 0.2) is 0 Å². The van der Waals surface area contributed by atoms with Crippen molar-refractivity contribution >= 4 is 5.69 Å². The van der Waals surface area contributed by atoms with Gasteiger partial charge < -0.3 is 0 Å². The van der Waals surface area contributed by atoms with Crippen molar-refractivity contribution in [2.24, 2.45) is 0 Å². The second-order valence-corrected chi connectivity index (χ2v) is 3.30. The molecule has 0 radical (unpaired) electrons. The molecule has 0 aliphatic carbocycles. The van der Waals surface area contributed by atoms with Crippen LogP contribution in [0.3, 0.4) is 0 Å². The van der Waals surface area contributed by atoms with Crippen LogP contribution in [0, 0.1) is 6.92 Å². The molecule has 2 N–H and O–H groups in total. The fourth-order valence-electron chi connectivity index (χ4n) is 1.54. The molecule has 0 saturated carbocycles. The van der Waals surface area contributed by atoms with E-state index in [-0.39, 0.29) is 0 Å². The fourth-order valence-corrected chi connectivity index (χ4v) is 1.54. The highest BCUT2D eigenvalue weighted by molar-refractivity contribution is 5.66. The van der Waals surface area contributed by atoms with Crippen molar-refractivity contribution in [2.45, 2.75) is 6.92 Å². The molecule has 2 aromatic rings. The Hall–Kier alpha value is -1.81. The van der Waals surface area contributed by atoms with Gasteiger partial charge in [0.1, 0.15) is 0 Å². The van der Waals surface area contributed by atoms with Gasteiger partial charge in [-0.1, -0.05) is 6.07 Å². The average molecular weight is 203 g/mol. The highest BCUT2D eigenvalue weighted by Crippen LogP contribution is 2.23. The third-order valence-corrected chi connectivity index (χ3v) is 2.22. The fraction of sp³-hybridized carbons (Fsp3) is 0.182. The molecule has 0 amide bonds. The summed E-state index contributed by atoms with van der Waals surface area (Å²) in [7, 11) is 1.59. The first-order valence-electron chi connectivity index (χ1n) is 4.71. The van der Waals surface area contributed by atoms with E-state index in [1.165, 1.54) is 0 Å². The van der Waals surface area contributed by atoms with Crippen molar-refractivity contribution in [1.82, 2.24) is 10.2 Å². The molecule has 0 unspecified atom stereocenters. The van der Waals surface area contributed by atoms with E-state index in [1.807, 2.05) is 37.4 Å². The quantitative estimate of drug-likeness (QED) is 0.753. The number of aromatic amines is 1. The number of hydrogen-bond acceptors (Lipinski definition) is 3. The van der Waals surface area contributed by atoms with Crippen LogP contribution in [0.25, 0.3) is 11.3 Å². The van der Waals surface area contributed by atoms with Crippen LogP contribution in [0.5, 0.6) is 0 Å². The van der Waals surface area contributed by atoms with Gasteiger partial charge in [0.2, 0.25) is 0 Å². The summed E-state index contributed by atoms with van der Waals surface area (Å²) >= 11 is 0. The molecule has 4 heteroatoms. The highest BCUT2D eigenvalue weighted by atomic mass is 16.6. The van der Waals surface area contributed by atoms with Crippen LogP contribution in [0.2, 0.25) is 0 Å². The van der Waals surface area contributed by atoms with Crippen molar-refractivity contribution in [3.05, 3.63) is 36.0 Å². The Morgan fingerprint density at radius 1 is 1.33 bits per heavy atom. The maximum atomic E-state index is 4.84. The number of rotatable bonds is 3. The van der Waals surface area contributed by atoms with Gasteiger partial charge in [-0.15, -0.1) is 0 Å². The summed E-state index contributed by atoms with van der Waals surface area (Å²) in [5.74, 6) is 0. The maximum absolute atomic E-state index is 4.84. The molecule has 1 aromatic heterocycles. The van der Waals surface area contributed by atoms with Crippen LogP contribution < -0.4 is 5.48 Å². The summed E-state index contributed by atoms with van der Waals surface area (Å²) in [5, 5.41) is 6.95. The molecule has 0 aliphatic heterocycles. The number of aryl methyl sites for hydroxylation is 1. The van der Waals surface area contributed by atoms with E-state index in [0.717, 1.165) is 22.5 Å².